The van der Waals surface area contributed by atoms with E-state index in [4.69, 9.17) is 4.74 Å². The summed E-state index contributed by atoms with van der Waals surface area (Å²) in [5.74, 6) is 0.518. The third-order valence-electron chi connectivity index (χ3n) is 5.20. The van der Waals surface area contributed by atoms with Crippen LogP contribution in [-0.2, 0) is 10.0 Å². The van der Waals surface area contributed by atoms with E-state index in [9.17, 15) is 18.0 Å². The molecule has 4 rings (SSSR count). The van der Waals surface area contributed by atoms with Crippen molar-refractivity contribution in [3.63, 3.8) is 0 Å². The Morgan fingerprint density at radius 2 is 1.13 bits per heavy atom. The van der Waals surface area contributed by atoms with Crippen molar-refractivity contribution >= 4 is 50.5 Å². The molecule has 0 saturated heterocycles. The fraction of sp³-hybridized carbons (Fsp3) is 0.0370. The molecule has 10 nitrogen and oxygen atoms in total. The van der Waals surface area contributed by atoms with Crippen molar-refractivity contribution < 1.29 is 22.7 Å². The number of rotatable bonds is 8. The molecule has 5 N–H and O–H groups in total. The monoisotopic (exact) mass is 531 g/mol. The molecule has 0 aliphatic carbocycles. The van der Waals surface area contributed by atoms with Gasteiger partial charge in [0.1, 0.15) is 5.75 Å². The Labute approximate surface area is 220 Å². The van der Waals surface area contributed by atoms with Crippen LogP contribution in [0.15, 0.2) is 108 Å². The first-order chi connectivity index (χ1) is 18.3. The summed E-state index contributed by atoms with van der Waals surface area (Å²) in [5.41, 5.74) is 1.71. The lowest BCUT2D eigenvalue weighted by atomic mass is 10.2. The van der Waals surface area contributed by atoms with Gasteiger partial charge in [-0.3, -0.25) is 4.72 Å². The lowest BCUT2D eigenvalue weighted by molar-refractivity contribution is 0.261. The molecular formula is C27H25N5O5S. The second-order valence-corrected chi connectivity index (χ2v) is 9.61. The molecule has 0 saturated carbocycles. The summed E-state index contributed by atoms with van der Waals surface area (Å²) >= 11 is 0. The summed E-state index contributed by atoms with van der Waals surface area (Å²) in [6, 6.07) is 26.7. The predicted molar refractivity (Wildman–Crippen MR) is 148 cm³/mol. The maximum atomic E-state index is 12.9. The van der Waals surface area contributed by atoms with Crippen LogP contribution >= 0.6 is 0 Å². The summed E-state index contributed by atoms with van der Waals surface area (Å²) in [4.78, 5) is 25.3. The normalized spacial score (nSPS) is 10.7. The van der Waals surface area contributed by atoms with Gasteiger partial charge in [0.15, 0.2) is 0 Å². The molecule has 0 bridgehead atoms. The van der Waals surface area contributed by atoms with Crippen LogP contribution in [0.3, 0.4) is 0 Å². The number of methoxy groups -OCH3 is 1. The van der Waals surface area contributed by atoms with Gasteiger partial charge in [-0.25, -0.2) is 18.0 Å². The molecule has 0 fully saturated rings. The molecule has 0 unspecified atom stereocenters. The Morgan fingerprint density at radius 3 is 1.66 bits per heavy atom. The van der Waals surface area contributed by atoms with Crippen LogP contribution in [0, 0.1) is 0 Å². The van der Waals surface area contributed by atoms with Gasteiger partial charge in [-0.1, -0.05) is 36.4 Å². The lowest BCUT2D eigenvalue weighted by Gasteiger charge is -2.16. The molecule has 0 spiro atoms. The Kier molecular flexibility index (Phi) is 8.09. The van der Waals surface area contributed by atoms with Gasteiger partial charge in [0, 0.05) is 11.4 Å². The number of hydrogen-bond acceptors (Lipinski definition) is 5. The average molecular weight is 532 g/mol. The largest absolute Gasteiger partial charge is 0.497 e. The van der Waals surface area contributed by atoms with E-state index in [1.54, 1.807) is 48.5 Å². The zero-order chi connectivity index (χ0) is 27.0. The number of carbonyl (C=O) groups excluding carboxylic acids is 2. The number of benzene rings is 4. The van der Waals surface area contributed by atoms with E-state index >= 15 is 0 Å². The van der Waals surface area contributed by atoms with Gasteiger partial charge < -0.3 is 26.0 Å². The third kappa shape index (κ3) is 7.02. The van der Waals surface area contributed by atoms with E-state index in [-0.39, 0.29) is 22.0 Å². The second kappa shape index (κ2) is 11.8. The minimum atomic E-state index is -3.94. The molecule has 0 aromatic heterocycles. The Bertz CT molecular complexity index is 1510. The summed E-state index contributed by atoms with van der Waals surface area (Å²) < 4.78 is 33.4. The molecule has 4 aromatic carbocycles. The van der Waals surface area contributed by atoms with Crippen molar-refractivity contribution in [2.45, 2.75) is 4.90 Å². The Morgan fingerprint density at radius 1 is 0.605 bits per heavy atom. The van der Waals surface area contributed by atoms with E-state index in [1.807, 2.05) is 12.1 Å². The van der Waals surface area contributed by atoms with Gasteiger partial charge in [0.25, 0.3) is 10.0 Å². The van der Waals surface area contributed by atoms with Gasteiger partial charge in [-0.2, -0.15) is 0 Å². The van der Waals surface area contributed by atoms with E-state index in [1.165, 1.54) is 49.6 Å². The maximum absolute atomic E-state index is 12.9. The number of hydrogen-bond donors (Lipinski definition) is 5. The van der Waals surface area contributed by atoms with Crippen LogP contribution < -0.4 is 30.7 Å². The van der Waals surface area contributed by atoms with Crippen molar-refractivity contribution in [1.29, 1.82) is 0 Å². The van der Waals surface area contributed by atoms with Crippen molar-refractivity contribution in [2.75, 3.05) is 33.1 Å². The van der Waals surface area contributed by atoms with Crippen LogP contribution in [0.25, 0.3) is 0 Å². The highest BCUT2D eigenvalue weighted by atomic mass is 32.2. The Balaban J connectivity index is 1.57. The highest BCUT2D eigenvalue weighted by Gasteiger charge is 2.17. The van der Waals surface area contributed by atoms with E-state index in [0.717, 1.165) is 0 Å². The first-order valence-corrected chi connectivity index (χ1v) is 12.9. The summed E-state index contributed by atoms with van der Waals surface area (Å²) in [7, 11) is -2.46. The van der Waals surface area contributed by atoms with Crippen LogP contribution in [0.5, 0.6) is 5.75 Å². The van der Waals surface area contributed by atoms with Crippen molar-refractivity contribution in [1.82, 2.24) is 0 Å². The summed E-state index contributed by atoms with van der Waals surface area (Å²) in [5, 5.41) is 10.7. The third-order valence-corrected chi connectivity index (χ3v) is 6.60. The molecule has 194 valence electrons. The molecule has 0 radical (unpaired) electrons. The summed E-state index contributed by atoms with van der Waals surface area (Å²) in [6.45, 7) is 0. The van der Waals surface area contributed by atoms with Gasteiger partial charge >= 0.3 is 12.1 Å². The smallest absolute Gasteiger partial charge is 0.323 e. The highest BCUT2D eigenvalue weighted by molar-refractivity contribution is 7.92. The van der Waals surface area contributed by atoms with E-state index in [2.05, 4.69) is 26.0 Å². The number of urea groups is 2. The number of anilines is 5. The van der Waals surface area contributed by atoms with Gasteiger partial charge in [-0.05, 0) is 66.7 Å². The van der Waals surface area contributed by atoms with Crippen LogP contribution in [0.1, 0.15) is 0 Å². The number of sulfonamides is 1. The van der Waals surface area contributed by atoms with Crippen LogP contribution in [0.4, 0.5) is 38.0 Å². The molecule has 4 amide bonds. The minimum absolute atomic E-state index is 0.0269. The minimum Gasteiger partial charge on any atom is -0.497 e. The highest BCUT2D eigenvalue weighted by Crippen LogP contribution is 2.28. The zero-order valence-corrected chi connectivity index (χ0v) is 21.1. The number of ether oxygens (including phenoxy) is 1. The Hall–Kier alpha value is -5.03. The van der Waals surface area contributed by atoms with Crippen LogP contribution in [-0.4, -0.2) is 27.6 Å². The van der Waals surface area contributed by atoms with E-state index < -0.39 is 22.1 Å². The molecule has 0 atom stereocenters. The molecule has 0 heterocycles. The van der Waals surface area contributed by atoms with Gasteiger partial charge in [-0.15, -0.1) is 0 Å². The quantitative estimate of drug-likeness (QED) is 0.196. The van der Waals surface area contributed by atoms with Crippen LogP contribution in [0.2, 0.25) is 0 Å². The fourth-order valence-electron chi connectivity index (χ4n) is 3.40. The molecule has 0 aliphatic heterocycles. The first kappa shape index (κ1) is 26.0. The summed E-state index contributed by atoms with van der Waals surface area (Å²) in [6.07, 6.45) is 0. The van der Waals surface area contributed by atoms with Gasteiger partial charge in [0.2, 0.25) is 0 Å². The number of nitrogens with one attached hydrogen (secondary N) is 5. The molecule has 0 aliphatic rings. The maximum Gasteiger partial charge on any atom is 0.323 e. The van der Waals surface area contributed by atoms with Crippen molar-refractivity contribution in [2.24, 2.45) is 0 Å². The van der Waals surface area contributed by atoms with Crippen molar-refractivity contribution in [3.05, 3.63) is 103 Å². The number of amides is 4. The SMILES string of the molecule is COc1ccc(S(=O)(=O)Nc2ccc(NC(=O)Nc3ccccc3)c(NC(=O)Nc3ccccc3)c2)cc1. The first-order valence-electron chi connectivity index (χ1n) is 11.4. The molecule has 38 heavy (non-hydrogen) atoms. The number of para-hydroxylation sites is 2. The zero-order valence-electron chi connectivity index (χ0n) is 20.3. The predicted octanol–water partition coefficient (Wildman–Crippen LogP) is 5.78. The van der Waals surface area contributed by atoms with Crippen molar-refractivity contribution in [3.8, 4) is 5.75 Å². The van der Waals surface area contributed by atoms with E-state index in [0.29, 0.717) is 17.1 Å². The molecule has 4 aromatic rings. The lowest BCUT2D eigenvalue weighted by Crippen LogP contribution is -2.23. The molecule has 11 heteroatoms. The standard InChI is InChI=1S/C27H25N5O5S/c1-37-22-13-15-23(16-14-22)38(35,36)32-21-12-17-24(30-26(33)28-19-8-4-2-5-9-19)25(18-21)31-27(34)29-20-10-6-3-7-11-20/h2-18,32H,1H3,(H2,28,30,33)(H2,29,31,34). The van der Waals surface area contributed by atoms with Gasteiger partial charge in [0.05, 0.1) is 29.1 Å². The molecular weight excluding hydrogens is 506 g/mol. The second-order valence-electron chi connectivity index (χ2n) is 7.93. The topological polar surface area (TPSA) is 138 Å². The average Bonchev–Trinajstić information content (AvgIpc) is 2.91. The fourth-order valence-corrected chi connectivity index (χ4v) is 4.45. The number of carbonyl (C=O) groups is 2.